The van der Waals surface area contributed by atoms with Crippen LogP contribution in [0, 0.1) is 11.8 Å². The molecule has 0 unspecified atom stereocenters. The molecule has 2 amide bonds. The maximum absolute atomic E-state index is 13.6. The third-order valence-corrected chi connectivity index (χ3v) is 7.33. The van der Waals surface area contributed by atoms with Crippen molar-refractivity contribution in [2.75, 3.05) is 45.3 Å². The molecule has 4 rings (SSSR count). The minimum atomic E-state index is -0.343. The Balaban J connectivity index is 1.63. The molecular weight excluding hydrogens is 470 g/mol. The molecule has 3 atom stereocenters. The molecule has 1 fully saturated rings. The Morgan fingerprint density at radius 1 is 1.16 bits per heavy atom. The molecule has 2 heterocycles. The predicted octanol–water partition coefficient (Wildman–Crippen LogP) is 3.40. The van der Waals surface area contributed by atoms with Gasteiger partial charge in [-0.1, -0.05) is 43.3 Å². The molecule has 0 saturated carbocycles. The largest absolute Gasteiger partial charge is 0.486 e. The summed E-state index contributed by atoms with van der Waals surface area (Å²) in [4.78, 5) is 30.6. The number of aliphatic hydroxyl groups excluding tert-OH is 1. The molecule has 8 nitrogen and oxygen atoms in total. The van der Waals surface area contributed by atoms with Crippen molar-refractivity contribution in [3.63, 3.8) is 0 Å². The molecule has 2 aromatic rings. The second-order valence-corrected chi connectivity index (χ2v) is 10.4. The zero-order chi connectivity index (χ0) is 26.4. The summed E-state index contributed by atoms with van der Waals surface area (Å²) in [5.41, 5.74) is 2.11. The molecule has 0 bridgehead atoms. The number of anilines is 1. The van der Waals surface area contributed by atoms with Crippen molar-refractivity contribution in [3.05, 3.63) is 59.7 Å². The Hall–Kier alpha value is -2.94. The number of para-hydroxylation sites is 1. The van der Waals surface area contributed by atoms with Crippen LogP contribution in [-0.4, -0.2) is 78.8 Å². The SMILES string of the molecule is C[C@H]1CN([C@@H](C)CO)C(=O)c2cccc(NC(=O)C3CCOCC3)c2O[C@H]1CN(C)Cc1ccccc1. The molecule has 2 aromatic carbocycles. The van der Waals surface area contributed by atoms with Crippen LogP contribution in [-0.2, 0) is 16.1 Å². The number of rotatable bonds is 8. The van der Waals surface area contributed by atoms with Gasteiger partial charge in [0.1, 0.15) is 6.10 Å². The molecule has 0 aliphatic carbocycles. The fourth-order valence-corrected chi connectivity index (χ4v) is 5.02. The van der Waals surface area contributed by atoms with Crippen molar-refractivity contribution >= 4 is 17.5 Å². The molecule has 0 spiro atoms. The van der Waals surface area contributed by atoms with Gasteiger partial charge in [0.25, 0.3) is 5.91 Å². The summed E-state index contributed by atoms with van der Waals surface area (Å²) in [5.74, 6) is -0.0365. The number of carbonyl (C=O) groups excluding carboxylic acids is 2. The maximum atomic E-state index is 13.6. The smallest absolute Gasteiger partial charge is 0.258 e. The van der Waals surface area contributed by atoms with Crippen LogP contribution in [0.15, 0.2) is 48.5 Å². The summed E-state index contributed by atoms with van der Waals surface area (Å²) < 4.78 is 12.0. The van der Waals surface area contributed by atoms with E-state index in [1.807, 2.05) is 25.1 Å². The fourth-order valence-electron chi connectivity index (χ4n) is 5.02. The van der Waals surface area contributed by atoms with Crippen LogP contribution in [0.3, 0.4) is 0 Å². The second-order valence-electron chi connectivity index (χ2n) is 10.4. The average Bonchev–Trinajstić information content (AvgIpc) is 2.91. The number of ether oxygens (including phenoxy) is 2. The molecule has 1 saturated heterocycles. The minimum Gasteiger partial charge on any atom is -0.486 e. The van der Waals surface area contributed by atoms with Crippen molar-refractivity contribution in [2.24, 2.45) is 11.8 Å². The van der Waals surface area contributed by atoms with Gasteiger partial charge in [0, 0.05) is 44.7 Å². The summed E-state index contributed by atoms with van der Waals surface area (Å²) >= 11 is 0. The van der Waals surface area contributed by atoms with E-state index in [0.29, 0.717) is 56.1 Å². The van der Waals surface area contributed by atoms with Crippen LogP contribution in [0.25, 0.3) is 0 Å². The van der Waals surface area contributed by atoms with Crippen LogP contribution in [0.1, 0.15) is 42.6 Å². The maximum Gasteiger partial charge on any atom is 0.258 e. The first-order valence-corrected chi connectivity index (χ1v) is 13.2. The monoisotopic (exact) mass is 509 g/mol. The van der Waals surface area contributed by atoms with Crippen LogP contribution in [0.2, 0.25) is 0 Å². The van der Waals surface area contributed by atoms with Crippen LogP contribution in [0.5, 0.6) is 5.75 Å². The normalized spacial score (nSPS) is 21.5. The highest BCUT2D eigenvalue weighted by molar-refractivity contribution is 6.02. The number of likely N-dealkylation sites (N-methyl/N-ethyl adjacent to an activating group) is 1. The van der Waals surface area contributed by atoms with E-state index in [1.54, 1.807) is 23.1 Å². The Labute approximate surface area is 219 Å². The van der Waals surface area contributed by atoms with Crippen LogP contribution >= 0.6 is 0 Å². The van der Waals surface area contributed by atoms with Gasteiger partial charge in [-0.2, -0.15) is 0 Å². The molecule has 0 aromatic heterocycles. The topological polar surface area (TPSA) is 91.3 Å². The molecule has 2 aliphatic rings. The van der Waals surface area contributed by atoms with Crippen molar-refractivity contribution < 1.29 is 24.2 Å². The third-order valence-electron chi connectivity index (χ3n) is 7.33. The number of aliphatic hydroxyl groups is 1. The molecular formula is C29H39N3O5. The van der Waals surface area contributed by atoms with Gasteiger partial charge in [0.2, 0.25) is 5.91 Å². The summed E-state index contributed by atoms with van der Waals surface area (Å²) in [7, 11) is 2.06. The van der Waals surface area contributed by atoms with Crippen molar-refractivity contribution in [2.45, 2.75) is 45.4 Å². The van der Waals surface area contributed by atoms with E-state index in [1.165, 1.54) is 5.56 Å². The van der Waals surface area contributed by atoms with E-state index < -0.39 is 0 Å². The number of benzene rings is 2. The Morgan fingerprint density at radius 2 is 1.89 bits per heavy atom. The van der Waals surface area contributed by atoms with Crippen molar-refractivity contribution in [1.29, 1.82) is 0 Å². The third kappa shape index (κ3) is 6.69. The number of hydrogen-bond acceptors (Lipinski definition) is 6. The Kier molecular flexibility index (Phi) is 9.18. The Morgan fingerprint density at radius 3 is 2.59 bits per heavy atom. The zero-order valence-electron chi connectivity index (χ0n) is 22.1. The first-order chi connectivity index (χ1) is 17.9. The van der Waals surface area contributed by atoms with Gasteiger partial charge in [0.15, 0.2) is 5.75 Å². The van der Waals surface area contributed by atoms with E-state index >= 15 is 0 Å². The van der Waals surface area contributed by atoms with Gasteiger partial charge < -0.3 is 24.8 Å². The lowest BCUT2D eigenvalue weighted by atomic mass is 9.98. The zero-order valence-corrected chi connectivity index (χ0v) is 22.1. The highest BCUT2D eigenvalue weighted by atomic mass is 16.5. The van der Waals surface area contributed by atoms with Gasteiger partial charge in [0.05, 0.1) is 23.9 Å². The van der Waals surface area contributed by atoms with E-state index in [9.17, 15) is 14.7 Å². The summed E-state index contributed by atoms with van der Waals surface area (Å²) in [6.07, 6.45) is 1.11. The van der Waals surface area contributed by atoms with E-state index in [0.717, 1.165) is 6.54 Å². The number of carbonyl (C=O) groups is 2. The van der Waals surface area contributed by atoms with Gasteiger partial charge in [-0.05, 0) is 44.5 Å². The first kappa shape index (κ1) is 27.1. The van der Waals surface area contributed by atoms with Crippen molar-refractivity contribution in [3.8, 4) is 5.75 Å². The standard InChI is InChI=1S/C29H39N3O5/c1-20-16-32(21(2)19-33)29(35)24-10-7-11-25(30-28(34)23-12-14-36-15-13-23)27(24)37-26(20)18-31(3)17-22-8-5-4-6-9-22/h4-11,20-21,23,26,33H,12-19H2,1-3H3,(H,30,34)/t20-,21-,26-/m0/s1. The number of hydrogen-bond donors (Lipinski definition) is 2. The van der Waals surface area contributed by atoms with E-state index in [-0.39, 0.29) is 42.4 Å². The van der Waals surface area contributed by atoms with Gasteiger partial charge in [-0.15, -0.1) is 0 Å². The van der Waals surface area contributed by atoms with Gasteiger partial charge >= 0.3 is 0 Å². The highest BCUT2D eigenvalue weighted by Gasteiger charge is 2.35. The van der Waals surface area contributed by atoms with Crippen molar-refractivity contribution in [1.82, 2.24) is 9.80 Å². The average molecular weight is 510 g/mol. The lowest BCUT2D eigenvalue weighted by Gasteiger charge is -2.38. The highest BCUT2D eigenvalue weighted by Crippen LogP contribution is 2.35. The Bertz CT molecular complexity index is 1060. The fraction of sp³-hybridized carbons (Fsp3) is 0.517. The second kappa shape index (κ2) is 12.5. The van der Waals surface area contributed by atoms with Gasteiger partial charge in [-0.3, -0.25) is 14.5 Å². The molecule has 37 heavy (non-hydrogen) atoms. The lowest BCUT2D eigenvalue weighted by Crippen LogP contribution is -2.49. The molecule has 2 N–H and O–H groups in total. The molecule has 200 valence electrons. The number of fused-ring (bicyclic) bond motifs is 1. The minimum absolute atomic E-state index is 0.0106. The number of nitrogens with zero attached hydrogens (tertiary/aromatic N) is 2. The van der Waals surface area contributed by atoms with Gasteiger partial charge in [-0.25, -0.2) is 0 Å². The number of amides is 2. The molecule has 8 heteroatoms. The van der Waals surface area contributed by atoms with Crippen LogP contribution in [0.4, 0.5) is 5.69 Å². The summed E-state index contributed by atoms with van der Waals surface area (Å²) in [6, 6.07) is 15.2. The van der Waals surface area contributed by atoms with E-state index in [4.69, 9.17) is 9.47 Å². The first-order valence-electron chi connectivity index (χ1n) is 13.2. The quantitative estimate of drug-likeness (QED) is 0.567. The summed E-state index contributed by atoms with van der Waals surface area (Å²) in [6.45, 7) is 6.78. The van der Waals surface area contributed by atoms with E-state index in [2.05, 4.69) is 36.3 Å². The summed E-state index contributed by atoms with van der Waals surface area (Å²) in [5, 5.41) is 12.9. The number of nitrogens with one attached hydrogen (secondary N) is 1. The predicted molar refractivity (Wildman–Crippen MR) is 143 cm³/mol. The van der Waals surface area contributed by atoms with Crippen LogP contribution < -0.4 is 10.1 Å². The molecule has 0 radical (unpaired) electrons. The molecule has 2 aliphatic heterocycles. The lowest BCUT2D eigenvalue weighted by molar-refractivity contribution is -0.122.